The Morgan fingerprint density at radius 2 is 1.89 bits per heavy atom. The van der Waals surface area contributed by atoms with Crippen LogP contribution in [-0.4, -0.2) is 22.5 Å². The number of fused-ring (bicyclic) bond motifs is 2. The molecule has 5 rings (SSSR count). The lowest BCUT2D eigenvalue weighted by molar-refractivity contribution is -0.118. The van der Waals surface area contributed by atoms with Crippen LogP contribution >= 0.6 is 12.2 Å². The molecule has 1 atom stereocenters. The second-order valence-corrected chi connectivity index (χ2v) is 8.61. The lowest BCUT2D eigenvalue weighted by Gasteiger charge is -2.38. The van der Waals surface area contributed by atoms with E-state index in [9.17, 15) is 9.59 Å². The number of aromatic nitrogens is 2. The van der Waals surface area contributed by atoms with Gasteiger partial charge >= 0.3 is 0 Å². The summed E-state index contributed by atoms with van der Waals surface area (Å²) in [5.74, 6) is 1.36. The van der Waals surface area contributed by atoms with Crippen molar-refractivity contribution in [2.45, 2.75) is 32.6 Å². The quantitative estimate of drug-likeness (QED) is 0.639. The summed E-state index contributed by atoms with van der Waals surface area (Å²) in [4.78, 5) is 31.7. The van der Waals surface area contributed by atoms with Gasteiger partial charge in [0.15, 0.2) is 22.1 Å². The van der Waals surface area contributed by atoms with Crippen LogP contribution in [0.5, 0.6) is 11.5 Å². The molecule has 1 aromatic heterocycles. The SMILES string of the molecule is CC1(C)CC(=O)C2=C(C1)Nc1[nH]c(=S)[nH]c(=O)c1C2c1ccc2c(c1)OCO2. The maximum Gasteiger partial charge on any atom is 0.257 e. The van der Waals surface area contributed by atoms with E-state index in [1.807, 2.05) is 18.2 Å². The average Bonchev–Trinajstić information content (AvgIpc) is 3.06. The molecular formula is C20H19N3O4S. The Morgan fingerprint density at radius 3 is 2.71 bits per heavy atom. The molecule has 3 N–H and O–H groups in total. The summed E-state index contributed by atoms with van der Waals surface area (Å²) < 4.78 is 11.2. The number of aromatic amines is 2. The first-order chi connectivity index (χ1) is 13.3. The first-order valence-electron chi connectivity index (χ1n) is 9.12. The molecule has 8 heteroatoms. The van der Waals surface area contributed by atoms with Gasteiger partial charge in [-0.25, -0.2) is 0 Å². The number of H-pyrrole nitrogens is 2. The first-order valence-corrected chi connectivity index (χ1v) is 9.52. The third kappa shape index (κ3) is 2.59. The molecule has 28 heavy (non-hydrogen) atoms. The highest BCUT2D eigenvalue weighted by atomic mass is 32.1. The zero-order chi connectivity index (χ0) is 19.6. The molecule has 0 radical (unpaired) electrons. The van der Waals surface area contributed by atoms with E-state index in [0.29, 0.717) is 41.3 Å². The summed E-state index contributed by atoms with van der Waals surface area (Å²) in [5, 5.41) is 3.28. The number of hydrogen-bond donors (Lipinski definition) is 3. The van der Waals surface area contributed by atoms with Crippen molar-refractivity contribution in [1.82, 2.24) is 9.97 Å². The fourth-order valence-corrected chi connectivity index (χ4v) is 4.57. The predicted octanol–water partition coefficient (Wildman–Crippen LogP) is 3.36. The Hall–Kier alpha value is -2.87. The summed E-state index contributed by atoms with van der Waals surface area (Å²) in [6, 6.07) is 5.54. The minimum absolute atomic E-state index is 0.0499. The van der Waals surface area contributed by atoms with Gasteiger partial charge in [0.1, 0.15) is 5.82 Å². The van der Waals surface area contributed by atoms with Gasteiger partial charge in [0.05, 0.1) is 5.56 Å². The van der Waals surface area contributed by atoms with Crippen LogP contribution in [-0.2, 0) is 4.79 Å². The highest BCUT2D eigenvalue weighted by molar-refractivity contribution is 7.71. The Kier molecular flexibility index (Phi) is 3.58. The van der Waals surface area contributed by atoms with E-state index in [4.69, 9.17) is 21.7 Å². The van der Waals surface area contributed by atoms with Crippen LogP contribution in [0.2, 0.25) is 0 Å². The van der Waals surface area contributed by atoms with Crippen molar-refractivity contribution in [3.8, 4) is 11.5 Å². The van der Waals surface area contributed by atoms with Crippen molar-refractivity contribution >= 4 is 23.8 Å². The monoisotopic (exact) mass is 397 g/mol. The topological polar surface area (TPSA) is 96.2 Å². The lowest BCUT2D eigenvalue weighted by Crippen LogP contribution is -2.36. The largest absolute Gasteiger partial charge is 0.454 e. The molecule has 2 aliphatic heterocycles. The molecule has 3 heterocycles. The number of hydrogen-bond acceptors (Lipinski definition) is 6. The number of anilines is 1. The molecule has 144 valence electrons. The molecule has 0 saturated carbocycles. The molecule has 1 aliphatic carbocycles. The van der Waals surface area contributed by atoms with E-state index >= 15 is 0 Å². The number of carbonyl (C=O) groups excluding carboxylic acids is 1. The number of allylic oxidation sites excluding steroid dienone is 2. The van der Waals surface area contributed by atoms with Crippen LogP contribution in [0.3, 0.4) is 0 Å². The smallest absolute Gasteiger partial charge is 0.257 e. The summed E-state index contributed by atoms with van der Waals surface area (Å²) in [6.07, 6.45) is 1.15. The molecule has 7 nitrogen and oxygen atoms in total. The van der Waals surface area contributed by atoms with Gasteiger partial charge < -0.3 is 19.8 Å². The number of carbonyl (C=O) groups is 1. The molecule has 3 aliphatic rings. The molecule has 0 spiro atoms. The zero-order valence-corrected chi connectivity index (χ0v) is 16.3. The van der Waals surface area contributed by atoms with Gasteiger partial charge in [0.25, 0.3) is 5.56 Å². The third-order valence-electron chi connectivity index (χ3n) is 5.48. The van der Waals surface area contributed by atoms with Crippen molar-refractivity contribution in [1.29, 1.82) is 0 Å². The van der Waals surface area contributed by atoms with Crippen LogP contribution in [0.15, 0.2) is 34.3 Å². The Balaban J connectivity index is 1.77. The van der Waals surface area contributed by atoms with E-state index < -0.39 is 5.92 Å². The number of nitrogens with one attached hydrogen (secondary N) is 3. The predicted molar refractivity (Wildman–Crippen MR) is 105 cm³/mol. The fourth-order valence-electron chi connectivity index (χ4n) is 4.37. The number of benzene rings is 1. The summed E-state index contributed by atoms with van der Waals surface area (Å²) in [5.41, 5.74) is 2.29. The van der Waals surface area contributed by atoms with Crippen molar-refractivity contribution in [2.24, 2.45) is 5.41 Å². The van der Waals surface area contributed by atoms with Crippen molar-refractivity contribution in [2.75, 3.05) is 12.1 Å². The standard InChI is InChI=1S/C20H19N3O4S/c1-20(2)6-10-15(11(24)7-20)14(9-3-4-12-13(5-9)27-8-26-12)16-17(21-10)22-19(28)23-18(16)25/h3-5,14H,6-8H2,1-2H3,(H3,21,22,23,25,28). The second-order valence-electron chi connectivity index (χ2n) is 8.20. The molecule has 1 unspecified atom stereocenters. The van der Waals surface area contributed by atoms with Gasteiger partial charge in [0, 0.05) is 23.6 Å². The van der Waals surface area contributed by atoms with Crippen LogP contribution in [0.25, 0.3) is 0 Å². The molecule has 1 aromatic carbocycles. The van der Waals surface area contributed by atoms with Gasteiger partial charge in [-0.1, -0.05) is 19.9 Å². The van der Waals surface area contributed by atoms with Gasteiger partial charge in [-0.3, -0.25) is 14.6 Å². The Morgan fingerprint density at radius 1 is 1.11 bits per heavy atom. The highest BCUT2D eigenvalue weighted by Crippen LogP contribution is 2.48. The maximum absolute atomic E-state index is 13.2. The molecule has 2 aromatic rings. The van der Waals surface area contributed by atoms with E-state index in [2.05, 4.69) is 29.1 Å². The van der Waals surface area contributed by atoms with Crippen molar-refractivity contribution in [3.05, 3.63) is 55.7 Å². The molecule has 0 saturated heterocycles. The zero-order valence-electron chi connectivity index (χ0n) is 15.5. The van der Waals surface area contributed by atoms with Gasteiger partial charge in [-0.05, 0) is 41.7 Å². The average molecular weight is 397 g/mol. The van der Waals surface area contributed by atoms with Crippen LogP contribution < -0.4 is 20.3 Å². The van der Waals surface area contributed by atoms with Crippen molar-refractivity contribution < 1.29 is 14.3 Å². The summed E-state index contributed by atoms with van der Waals surface area (Å²) >= 11 is 5.15. The van der Waals surface area contributed by atoms with E-state index in [-0.39, 0.29) is 28.3 Å². The fraction of sp³-hybridized carbons (Fsp3) is 0.350. The van der Waals surface area contributed by atoms with Crippen LogP contribution in [0, 0.1) is 10.2 Å². The second kappa shape index (κ2) is 5.81. The maximum atomic E-state index is 13.2. The number of Topliss-reactive ketones (excluding diaryl/α,β-unsaturated/α-hetero) is 1. The number of ether oxygens (including phenoxy) is 2. The molecule has 0 amide bonds. The van der Waals surface area contributed by atoms with Crippen molar-refractivity contribution in [3.63, 3.8) is 0 Å². The normalized spacial score (nSPS) is 21.8. The summed E-state index contributed by atoms with van der Waals surface area (Å²) in [6.45, 7) is 4.30. The third-order valence-corrected chi connectivity index (χ3v) is 5.69. The Bertz CT molecular complexity index is 1170. The molecule has 0 bridgehead atoms. The van der Waals surface area contributed by atoms with Crippen LogP contribution in [0.1, 0.15) is 43.7 Å². The first kappa shape index (κ1) is 17.2. The minimum Gasteiger partial charge on any atom is -0.454 e. The Labute approximate surface area is 165 Å². The molecule has 0 fully saturated rings. The number of rotatable bonds is 1. The molecular weight excluding hydrogens is 378 g/mol. The van der Waals surface area contributed by atoms with E-state index in [1.54, 1.807) is 0 Å². The lowest BCUT2D eigenvalue weighted by atomic mass is 9.69. The number of ketones is 1. The summed E-state index contributed by atoms with van der Waals surface area (Å²) in [7, 11) is 0. The minimum atomic E-state index is -0.500. The van der Waals surface area contributed by atoms with E-state index in [0.717, 1.165) is 11.3 Å². The van der Waals surface area contributed by atoms with Gasteiger partial charge in [-0.15, -0.1) is 0 Å². The van der Waals surface area contributed by atoms with Gasteiger partial charge in [0.2, 0.25) is 6.79 Å². The van der Waals surface area contributed by atoms with Crippen LogP contribution in [0.4, 0.5) is 5.82 Å². The highest BCUT2D eigenvalue weighted by Gasteiger charge is 2.42. The van der Waals surface area contributed by atoms with Gasteiger partial charge in [-0.2, -0.15) is 0 Å². The van der Waals surface area contributed by atoms with E-state index in [1.165, 1.54) is 0 Å².